The van der Waals surface area contributed by atoms with E-state index < -0.39 is 18.5 Å². The minimum atomic E-state index is -0.777. The maximum absolute atomic E-state index is 11.8. The Bertz CT molecular complexity index is 706. The molecule has 1 aliphatic heterocycles. The van der Waals surface area contributed by atoms with Crippen LogP contribution in [0.3, 0.4) is 0 Å². The Kier molecular flexibility index (Phi) is 5.81. The first kappa shape index (κ1) is 17.5. The fraction of sp³-hybridized carbons (Fsp3) is 0.231. The highest BCUT2D eigenvalue weighted by molar-refractivity contribution is 6.44. The van der Waals surface area contributed by atoms with E-state index in [9.17, 15) is 14.4 Å². The molecular weight excluding hydrogens is 369 g/mol. The second kappa shape index (κ2) is 7.63. The number of hydrogen-bond acceptors (Lipinski definition) is 5. The maximum atomic E-state index is 11.8. The lowest BCUT2D eigenvalue weighted by Crippen LogP contribution is -2.32. The molecule has 23 heavy (non-hydrogen) atoms. The number of benzene rings is 1. The van der Waals surface area contributed by atoms with Crippen LogP contribution in [0.15, 0.2) is 17.2 Å². The maximum Gasteiger partial charge on any atom is 0.355 e. The number of nitrogens with zero attached hydrogens (tertiary/aromatic N) is 1. The second-order valence-corrected chi connectivity index (χ2v) is 5.69. The van der Waals surface area contributed by atoms with Gasteiger partial charge in [0.15, 0.2) is 6.61 Å². The molecule has 2 amide bonds. The number of ether oxygens (including phenoxy) is 1. The van der Waals surface area contributed by atoms with Crippen LogP contribution in [-0.2, 0) is 19.1 Å². The molecular formula is C13H10Cl3N3O4. The third kappa shape index (κ3) is 4.82. The first-order valence-electron chi connectivity index (χ1n) is 6.33. The van der Waals surface area contributed by atoms with Crippen molar-refractivity contribution < 1.29 is 19.1 Å². The summed E-state index contributed by atoms with van der Waals surface area (Å²) in [7, 11) is 0. The highest BCUT2D eigenvalue weighted by Gasteiger charge is 2.20. The molecule has 0 saturated heterocycles. The van der Waals surface area contributed by atoms with Crippen LogP contribution in [-0.4, -0.2) is 30.1 Å². The highest BCUT2D eigenvalue weighted by atomic mass is 35.5. The summed E-state index contributed by atoms with van der Waals surface area (Å²) < 4.78 is 4.81. The molecule has 1 aromatic rings. The topological polar surface area (TPSA) is 96.9 Å². The first-order valence-corrected chi connectivity index (χ1v) is 7.47. The molecule has 122 valence electrons. The van der Waals surface area contributed by atoms with E-state index in [4.69, 9.17) is 39.5 Å². The van der Waals surface area contributed by atoms with E-state index >= 15 is 0 Å². The molecule has 1 aliphatic rings. The van der Waals surface area contributed by atoms with Gasteiger partial charge >= 0.3 is 5.97 Å². The zero-order chi connectivity index (χ0) is 17.0. The zero-order valence-electron chi connectivity index (χ0n) is 11.5. The molecule has 2 N–H and O–H groups in total. The normalized spacial score (nSPS) is 13.9. The molecule has 1 aromatic carbocycles. The molecule has 2 rings (SSSR count). The number of rotatable bonds is 4. The van der Waals surface area contributed by atoms with Gasteiger partial charge in [-0.3, -0.25) is 9.59 Å². The van der Waals surface area contributed by atoms with Crippen LogP contribution in [0.2, 0.25) is 15.1 Å². The Balaban J connectivity index is 1.89. The monoisotopic (exact) mass is 377 g/mol. The molecule has 0 bridgehead atoms. The number of amides is 2. The summed E-state index contributed by atoms with van der Waals surface area (Å²) in [5.74, 6) is -1.67. The number of hydrogen-bond donors (Lipinski definition) is 2. The Morgan fingerprint density at radius 1 is 1.17 bits per heavy atom. The quantitative estimate of drug-likeness (QED) is 0.621. The van der Waals surface area contributed by atoms with E-state index in [0.717, 1.165) is 0 Å². The summed E-state index contributed by atoms with van der Waals surface area (Å²) in [6, 6.07) is 2.76. The highest BCUT2D eigenvalue weighted by Crippen LogP contribution is 2.32. The van der Waals surface area contributed by atoms with Crippen molar-refractivity contribution in [2.24, 2.45) is 5.10 Å². The van der Waals surface area contributed by atoms with Gasteiger partial charge in [0.2, 0.25) is 5.91 Å². The van der Waals surface area contributed by atoms with Crippen LogP contribution in [0.4, 0.5) is 5.69 Å². The van der Waals surface area contributed by atoms with E-state index in [-0.39, 0.29) is 45.2 Å². The molecule has 0 spiro atoms. The number of esters is 1. The van der Waals surface area contributed by atoms with Crippen LogP contribution < -0.4 is 10.7 Å². The zero-order valence-corrected chi connectivity index (χ0v) is 13.8. The average Bonchev–Trinajstić information content (AvgIpc) is 2.51. The van der Waals surface area contributed by atoms with E-state index in [1.807, 2.05) is 0 Å². The largest absolute Gasteiger partial charge is 0.451 e. The van der Waals surface area contributed by atoms with Gasteiger partial charge in [-0.1, -0.05) is 34.8 Å². The van der Waals surface area contributed by atoms with E-state index in [1.54, 1.807) is 0 Å². The van der Waals surface area contributed by atoms with E-state index in [0.29, 0.717) is 0 Å². The summed E-state index contributed by atoms with van der Waals surface area (Å²) in [4.78, 5) is 34.4. The van der Waals surface area contributed by atoms with E-state index in [2.05, 4.69) is 15.8 Å². The molecule has 0 unspecified atom stereocenters. The van der Waals surface area contributed by atoms with Crippen molar-refractivity contribution in [3.8, 4) is 0 Å². The molecule has 0 fully saturated rings. The van der Waals surface area contributed by atoms with Crippen molar-refractivity contribution in [3.05, 3.63) is 27.2 Å². The van der Waals surface area contributed by atoms with Crippen LogP contribution in [0, 0.1) is 0 Å². The minimum absolute atomic E-state index is 0.0463. The van der Waals surface area contributed by atoms with Crippen LogP contribution in [0.25, 0.3) is 0 Å². The molecule has 0 atom stereocenters. The fourth-order valence-corrected chi connectivity index (χ4v) is 2.23. The van der Waals surface area contributed by atoms with Gasteiger partial charge in [0, 0.05) is 12.8 Å². The molecule has 7 nitrogen and oxygen atoms in total. The summed E-state index contributed by atoms with van der Waals surface area (Å²) in [6.07, 6.45) is 0.296. The van der Waals surface area contributed by atoms with Gasteiger partial charge in [-0.2, -0.15) is 5.10 Å². The summed E-state index contributed by atoms with van der Waals surface area (Å²) in [5, 5.41) is 6.67. The van der Waals surface area contributed by atoms with Crippen molar-refractivity contribution >= 4 is 64.0 Å². The SMILES string of the molecule is O=C1CCC(C(=O)OCC(=O)Nc2cc(Cl)c(Cl)cc2Cl)=NN1. The predicted octanol–water partition coefficient (Wildman–Crippen LogP) is 2.39. The van der Waals surface area contributed by atoms with Crippen LogP contribution in [0.5, 0.6) is 0 Å². The van der Waals surface area contributed by atoms with Crippen LogP contribution >= 0.6 is 34.8 Å². The lowest BCUT2D eigenvalue weighted by molar-refractivity contribution is -0.140. The summed E-state index contributed by atoms with van der Waals surface area (Å²) >= 11 is 17.5. The number of carbonyl (C=O) groups excluding carboxylic acids is 3. The van der Waals surface area contributed by atoms with E-state index in [1.165, 1.54) is 12.1 Å². The van der Waals surface area contributed by atoms with Gasteiger partial charge in [-0.25, -0.2) is 10.2 Å². The van der Waals surface area contributed by atoms with Crippen molar-refractivity contribution in [2.45, 2.75) is 12.8 Å². The number of carbonyl (C=O) groups is 3. The second-order valence-electron chi connectivity index (χ2n) is 4.46. The van der Waals surface area contributed by atoms with Crippen molar-refractivity contribution in [3.63, 3.8) is 0 Å². The van der Waals surface area contributed by atoms with Gasteiger partial charge in [0.05, 0.1) is 20.8 Å². The summed E-state index contributed by atoms with van der Waals surface area (Å²) in [6.45, 7) is -0.539. The minimum Gasteiger partial charge on any atom is -0.451 e. The molecule has 1 heterocycles. The van der Waals surface area contributed by atoms with Gasteiger partial charge in [-0.15, -0.1) is 0 Å². The number of halogens is 3. The molecule has 0 aromatic heterocycles. The van der Waals surface area contributed by atoms with Gasteiger partial charge in [0.1, 0.15) is 5.71 Å². The van der Waals surface area contributed by atoms with Crippen molar-refractivity contribution in [1.29, 1.82) is 0 Å². The van der Waals surface area contributed by atoms with Gasteiger partial charge < -0.3 is 10.1 Å². The third-order valence-electron chi connectivity index (χ3n) is 2.76. The predicted molar refractivity (Wildman–Crippen MR) is 85.9 cm³/mol. The lowest BCUT2D eigenvalue weighted by Gasteiger charge is -2.12. The summed E-state index contributed by atoms with van der Waals surface area (Å²) in [5.41, 5.74) is 2.45. The first-order chi connectivity index (χ1) is 10.9. The third-order valence-corrected chi connectivity index (χ3v) is 3.79. The average molecular weight is 379 g/mol. The Morgan fingerprint density at radius 3 is 2.52 bits per heavy atom. The smallest absolute Gasteiger partial charge is 0.355 e. The molecule has 10 heteroatoms. The van der Waals surface area contributed by atoms with Crippen molar-refractivity contribution in [2.75, 3.05) is 11.9 Å². The Labute approximate surface area is 145 Å². The van der Waals surface area contributed by atoms with Crippen LogP contribution in [0.1, 0.15) is 12.8 Å². The van der Waals surface area contributed by atoms with Gasteiger partial charge in [0.25, 0.3) is 5.91 Å². The lowest BCUT2D eigenvalue weighted by atomic mass is 10.2. The number of hydrazone groups is 1. The standard InChI is InChI=1S/C13H10Cl3N3O4/c14-6-3-8(16)10(4-7(6)15)17-12(21)5-23-13(22)9-1-2-11(20)19-18-9/h3-4H,1-2,5H2,(H,17,21)(H,19,20). The number of anilines is 1. The Morgan fingerprint density at radius 2 is 1.87 bits per heavy atom. The number of nitrogens with one attached hydrogen (secondary N) is 2. The molecule has 0 radical (unpaired) electrons. The molecule has 0 saturated carbocycles. The molecule has 0 aliphatic carbocycles. The Hall–Kier alpha value is -1.83. The fourth-order valence-electron chi connectivity index (χ4n) is 1.64. The van der Waals surface area contributed by atoms with Gasteiger partial charge in [-0.05, 0) is 12.1 Å². The van der Waals surface area contributed by atoms with Crippen molar-refractivity contribution in [1.82, 2.24) is 5.43 Å².